The van der Waals surface area contributed by atoms with Crippen LogP contribution in [0, 0.1) is 5.92 Å². The first-order valence-corrected chi connectivity index (χ1v) is 6.86. The number of amides is 1. The lowest BCUT2D eigenvalue weighted by atomic mass is 10.1. The molecule has 0 unspecified atom stereocenters. The fraction of sp³-hybridized carbons (Fsp3) is 0.333. The van der Waals surface area contributed by atoms with Crippen molar-refractivity contribution in [1.29, 1.82) is 0 Å². The second kappa shape index (κ2) is 6.78. The van der Waals surface area contributed by atoms with E-state index in [2.05, 4.69) is 34.3 Å². The summed E-state index contributed by atoms with van der Waals surface area (Å²) >= 11 is 0. The Labute approximate surface area is 122 Å². The van der Waals surface area contributed by atoms with Crippen LogP contribution in [0.5, 0.6) is 0 Å². The largest absolute Gasteiger partial charge is 0.352 e. The molecule has 0 fully saturated rings. The lowest BCUT2D eigenvalue weighted by Gasteiger charge is -2.07. The summed E-state index contributed by atoms with van der Waals surface area (Å²) in [4.78, 5) is 27.7. The van der Waals surface area contributed by atoms with Gasteiger partial charge in [-0.1, -0.05) is 13.8 Å². The van der Waals surface area contributed by atoms with Gasteiger partial charge in [-0.05, 0) is 30.5 Å². The van der Waals surface area contributed by atoms with Crippen LogP contribution >= 0.6 is 0 Å². The van der Waals surface area contributed by atoms with Crippen molar-refractivity contribution >= 4 is 5.91 Å². The van der Waals surface area contributed by atoms with E-state index >= 15 is 0 Å². The molecule has 21 heavy (non-hydrogen) atoms. The molecule has 0 aliphatic rings. The van der Waals surface area contributed by atoms with Gasteiger partial charge in [0.2, 0.25) is 0 Å². The number of aromatic amines is 1. The summed E-state index contributed by atoms with van der Waals surface area (Å²) in [5.41, 5.74) is 0.902. The highest BCUT2D eigenvalue weighted by Gasteiger charge is 2.12. The zero-order valence-electron chi connectivity index (χ0n) is 12.1. The van der Waals surface area contributed by atoms with E-state index in [4.69, 9.17) is 0 Å². The van der Waals surface area contributed by atoms with Crippen LogP contribution in [0.3, 0.4) is 0 Å². The number of hydrogen-bond acceptors (Lipinski definition) is 4. The predicted molar refractivity (Wildman–Crippen MR) is 79.9 cm³/mol. The van der Waals surface area contributed by atoms with Crippen molar-refractivity contribution in [3.8, 4) is 11.3 Å². The van der Waals surface area contributed by atoms with Crippen LogP contribution in [-0.4, -0.2) is 27.6 Å². The Morgan fingerprint density at radius 1 is 1.33 bits per heavy atom. The lowest BCUT2D eigenvalue weighted by Crippen LogP contribution is -2.31. The molecule has 6 heteroatoms. The van der Waals surface area contributed by atoms with Crippen LogP contribution in [-0.2, 0) is 0 Å². The summed E-state index contributed by atoms with van der Waals surface area (Å²) in [6.45, 7) is 4.70. The first-order valence-electron chi connectivity index (χ1n) is 6.86. The van der Waals surface area contributed by atoms with Crippen molar-refractivity contribution in [3.63, 3.8) is 0 Å². The Kier molecular flexibility index (Phi) is 4.81. The van der Waals surface area contributed by atoms with Gasteiger partial charge in [0.15, 0.2) is 0 Å². The van der Waals surface area contributed by atoms with Crippen molar-refractivity contribution in [2.24, 2.45) is 5.92 Å². The van der Waals surface area contributed by atoms with E-state index in [9.17, 15) is 9.59 Å². The highest BCUT2D eigenvalue weighted by molar-refractivity contribution is 5.94. The summed E-state index contributed by atoms with van der Waals surface area (Å²) in [5.74, 6) is 0.114. The van der Waals surface area contributed by atoms with E-state index in [1.54, 1.807) is 24.5 Å². The van der Waals surface area contributed by atoms with Gasteiger partial charge in [-0.15, -0.1) is 0 Å². The summed E-state index contributed by atoms with van der Waals surface area (Å²) in [6, 6.07) is 5.03. The van der Waals surface area contributed by atoms with Gasteiger partial charge in [-0.2, -0.15) is 5.10 Å². The first-order chi connectivity index (χ1) is 10.1. The van der Waals surface area contributed by atoms with E-state index < -0.39 is 5.56 Å². The van der Waals surface area contributed by atoms with Gasteiger partial charge in [0.05, 0.1) is 5.69 Å². The standard InChI is InChI=1S/C15H18N4O2/c1-10(2)3-8-17-14(20)12-9-13(18-19-15(12)21)11-4-6-16-7-5-11/h4-7,9-10H,3,8H2,1-2H3,(H,17,20)(H,19,21). The topological polar surface area (TPSA) is 87.7 Å². The van der Waals surface area contributed by atoms with E-state index in [1.165, 1.54) is 6.07 Å². The normalized spacial score (nSPS) is 10.6. The summed E-state index contributed by atoms with van der Waals surface area (Å²) in [7, 11) is 0. The Bertz CT molecular complexity index is 665. The fourth-order valence-electron chi connectivity index (χ4n) is 1.81. The highest BCUT2D eigenvalue weighted by atomic mass is 16.2. The minimum absolute atomic E-state index is 0.0700. The molecule has 1 amide bonds. The van der Waals surface area contributed by atoms with Crippen LogP contribution in [0.15, 0.2) is 35.4 Å². The maximum Gasteiger partial charge on any atom is 0.277 e. The third-order valence-corrected chi connectivity index (χ3v) is 3.03. The minimum atomic E-state index is -0.491. The lowest BCUT2D eigenvalue weighted by molar-refractivity contribution is 0.0950. The van der Waals surface area contributed by atoms with Gasteiger partial charge in [-0.3, -0.25) is 14.6 Å². The molecular formula is C15H18N4O2. The number of H-pyrrole nitrogens is 1. The predicted octanol–water partition coefficient (Wildman–Crippen LogP) is 1.61. The Morgan fingerprint density at radius 3 is 2.71 bits per heavy atom. The van der Waals surface area contributed by atoms with Crippen molar-refractivity contribution < 1.29 is 4.79 Å². The fourth-order valence-corrected chi connectivity index (χ4v) is 1.81. The molecule has 6 nitrogen and oxygen atoms in total. The molecule has 0 saturated carbocycles. The molecule has 0 aliphatic carbocycles. The van der Waals surface area contributed by atoms with E-state index in [1.807, 2.05) is 0 Å². The molecule has 0 spiro atoms. The third-order valence-electron chi connectivity index (χ3n) is 3.03. The Morgan fingerprint density at radius 2 is 2.05 bits per heavy atom. The number of pyridine rings is 1. The first kappa shape index (κ1) is 14.9. The second-order valence-corrected chi connectivity index (χ2v) is 5.17. The van der Waals surface area contributed by atoms with Crippen LogP contribution in [0.2, 0.25) is 0 Å². The molecule has 0 aliphatic heterocycles. The minimum Gasteiger partial charge on any atom is -0.352 e. The summed E-state index contributed by atoms with van der Waals surface area (Å²) in [6.07, 6.45) is 4.13. The monoisotopic (exact) mass is 286 g/mol. The number of aromatic nitrogens is 3. The summed E-state index contributed by atoms with van der Waals surface area (Å²) < 4.78 is 0. The van der Waals surface area contributed by atoms with Crippen LogP contribution in [0.4, 0.5) is 0 Å². The van der Waals surface area contributed by atoms with Crippen molar-refractivity contribution in [3.05, 3.63) is 46.5 Å². The molecule has 2 rings (SSSR count). The summed E-state index contributed by atoms with van der Waals surface area (Å²) in [5, 5.41) is 9.07. The maximum absolute atomic E-state index is 12.1. The number of carbonyl (C=O) groups is 1. The van der Waals surface area contributed by atoms with Crippen molar-refractivity contribution in [2.45, 2.75) is 20.3 Å². The van der Waals surface area contributed by atoms with Gasteiger partial charge in [0, 0.05) is 24.5 Å². The van der Waals surface area contributed by atoms with Gasteiger partial charge < -0.3 is 5.32 Å². The molecule has 0 bridgehead atoms. The Balaban J connectivity index is 2.20. The molecule has 0 radical (unpaired) electrons. The van der Waals surface area contributed by atoms with Crippen molar-refractivity contribution in [2.75, 3.05) is 6.54 Å². The number of nitrogens with one attached hydrogen (secondary N) is 2. The average Bonchev–Trinajstić information content (AvgIpc) is 2.48. The van der Waals surface area contributed by atoms with Crippen molar-refractivity contribution in [1.82, 2.24) is 20.5 Å². The van der Waals surface area contributed by atoms with E-state index in [-0.39, 0.29) is 11.5 Å². The molecule has 0 aromatic carbocycles. The second-order valence-electron chi connectivity index (χ2n) is 5.17. The SMILES string of the molecule is CC(C)CCNC(=O)c1cc(-c2ccncc2)n[nH]c1=O. The smallest absolute Gasteiger partial charge is 0.277 e. The molecule has 2 N–H and O–H groups in total. The molecule has 2 aromatic rings. The number of carbonyl (C=O) groups excluding carboxylic acids is 1. The highest BCUT2D eigenvalue weighted by Crippen LogP contribution is 2.14. The molecule has 0 saturated heterocycles. The zero-order chi connectivity index (χ0) is 15.2. The quantitative estimate of drug-likeness (QED) is 0.874. The van der Waals surface area contributed by atoms with E-state index in [0.717, 1.165) is 12.0 Å². The van der Waals surface area contributed by atoms with Gasteiger partial charge in [-0.25, -0.2) is 5.10 Å². The molecular weight excluding hydrogens is 268 g/mol. The Hall–Kier alpha value is -2.50. The number of rotatable bonds is 5. The van der Waals surface area contributed by atoms with Crippen LogP contribution < -0.4 is 10.9 Å². The maximum atomic E-state index is 12.1. The average molecular weight is 286 g/mol. The zero-order valence-corrected chi connectivity index (χ0v) is 12.1. The molecule has 110 valence electrons. The number of nitrogens with zero attached hydrogens (tertiary/aromatic N) is 2. The van der Waals surface area contributed by atoms with E-state index in [0.29, 0.717) is 18.2 Å². The van der Waals surface area contributed by atoms with Gasteiger partial charge >= 0.3 is 0 Å². The van der Waals surface area contributed by atoms with Gasteiger partial charge in [0.25, 0.3) is 11.5 Å². The van der Waals surface area contributed by atoms with Crippen LogP contribution in [0.1, 0.15) is 30.6 Å². The van der Waals surface area contributed by atoms with Gasteiger partial charge in [0.1, 0.15) is 5.56 Å². The molecule has 2 aromatic heterocycles. The molecule has 2 heterocycles. The number of hydrogen-bond donors (Lipinski definition) is 2. The molecule has 0 atom stereocenters. The third kappa shape index (κ3) is 3.98. The van der Waals surface area contributed by atoms with Crippen LogP contribution in [0.25, 0.3) is 11.3 Å².